The predicted molar refractivity (Wildman–Crippen MR) is 83.4 cm³/mol. The molecule has 0 fully saturated rings. The molecule has 0 saturated carbocycles. The van der Waals surface area contributed by atoms with E-state index in [9.17, 15) is 4.79 Å². The molecule has 0 aliphatic rings. The topological polar surface area (TPSA) is 68.0 Å². The Labute approximate surface area is 123 Å². The lowest BCUT2D eigenvalue weighted by Crippen LogP contribution is -2.15. The van der Waals surface area contributed by atoms with Crippen molar-refractivity contribution in [3.8, 4) is 0 Å². The number of benzene rings is 1. The molecular formula is C15H19N3OS. The molecule has 0 radical (unpaired) electrons. The van der Waals surface area contributed by atoms with Crippen LogP contribution in [0.5, 0.6) is 0 Å². The van der Waals surface area contributed by atoms with E-state index in [0.717, 1.165) is 28.2 Å². The van der Waals surface area contributed by atoms with E-state index < -0.39 is 0 Å². The maximum atomic E-state index is 12.3. The van der Waals surface area contributed by atoms with Crippen LogP contribution in [-0.4, -0.2) is 17.4 Å². The summed E-state index contributed by atoms with van der Waals surface area (Å²) in [7, 11) is 0. The number of thiazole rings is 1. The molecule has 0 bridgehead atoms. The molecule has 0 atom stereocenters. The smallest absolute Gasteiger partial charge is 0.275 e. The van der Waals surface area contributed by atoms with Crippen molar-refractivity contribution >= 4 is 22.9 Å². The summed E-state index contributed by atoms with van der Waals surface area (Å²) in [5.74, 6) is -0.159. The molecule has 0 saturated heterocycles. The van der Waals surface area contributed by atoms with Gasteiger partial charge in [0, 0.05) is 17.5 Å². The Bertz CT molecular complexity index is 607. The number of hydrogen-bond acceptors (Lipinski definition) is 4. The highest BCUT2D eigenvalue weighted by atomic mass is 32.1. The first kappa shape index (κ1) is 14.7. The molecule has 1 heterocycles. The first-order valence-electron chi connectivity index (χ1n) is 6.70. The van der Waals surface area contributed by atoms with Gasteiger partial charge in [0.1, 0.15) is 5.69 Å². The molecule has 0 aliphatic carbocycles. The zero-order valence-electron chi connectivity index (χ0n) is 11.8. The number of para-hydroxylation sites is 1. The standard InChI is InChI=1S/C15H19N3OS/c1-3-11-6-4-5-10(2)14(11)18-15(19)12-9-20-13(17-12)7-8-16/h4-6,9H,3,7-8,16H2,1-2H3,(H,18,19). The van der Waals surface area contributed by atoms with Crippen LogP contribution in [0.1, 0.15) is 33.5 Å². The third-order valence-electron chi connectivity index (χ3n) is 3.12. The fraction of sp³-hybridized carbons (Fsp3) is 0.333. The molecule has 106 valence electrons. The van der Waals surface area contributed by atoms with Crippen LogP contribution in [0.2, 0.25) is 0 Å². The van der Waals surface area contributed by atoms with Gasteiger partial charge in [-0.3, -0.25) is 4.79 Å². The van der Waals surface area contributed by atoms with Crippen molar-refractivity contribution in [3.05, 3.63) is 45.4 Å². The molecule has 2 rings (SSSR count). The van der Waals surface area contributed by atoms with Gasteiger partial charge < -0.3 is 11.1 Å². The second-order valence-corrected chi connectivity index (χ2v) is 5.52. The minimum Gasteiger partial charge on any atom is -0.330 e. The summed E-state index contributed by atoms with van der Waals surface area (Å²) in [5.41, 5.74) is 9.05. The fourth-order valence-electron chi connectivity index (χ4n) is 2.03. The molecule has 20 heavy (non-hydrogen) atoms. The first-order valence-corrected chi connectivity index (χ1v) is 7.58. The molecular weight excluding hydrogens is 270 g/mol. The van der Waals surface area contributed by atoms with Gasteiger partial charge in [-0.15, -0.1) is 11.3 Å². The number of carbonyl (C=O) groups excluding carboxylic acids is 1. The molecule has 1 aromatic carbocycles. The Morgan fingerprint density at radius 3 is 2.95 bits per heavy atom. The van der Waals surface area contributed by atoms with Crippen LogP contribution in [0.3, 0.4) is 0 Å². The number of aromatic nitrogens is 1. The van der Waals surface area contributed by atoms with Crippen molar-refractivity contribution in [3.63, 3.8) is 0 Å². The van der Waals surface area contributed by atoms with Gasteiger partial charge in [0.25, 0.3) is 5.91 Å². The average Bonchev–Trinajstić information content (AvgIpc) is 2.90. The molecule has 0 spiro atoms. The van der Waals surface area contributed by atoms with Crippen LogP contribution in [0, 0.1) is 6.92 Å². The minimum atomic E-state index is -0.159. The van der Waals surface area contributed by atoms with E-state index in [1.165, 1.54) is 11.3 Å². The number of aryl methyl sites for hydroxylation is 2. The van der Waals surface area contributed by atoms with Gasteiger partial charge in [-0.1, -0.05) is 25.1 Å². The molecule has 2 aromatic rings. The summed E-state index contributed by atoms with van der Waals surface area (Å²) in [6.07, 6.45) is 1.59. The predicted octanol–water partition coefficient (Wildman–Crippen LogP) is 2.77. The third kappa shape index (κ3) is 3.23. The van der Waals surface area contributed by atoms with Gasteiger partial charge in [0.2, 0.25) is 0 Å². The maximum absolute atomic E-state index is 12.3. The second-order valence-electron chi connectivity index (χ2n) is 4.58. The number of carbonyl (C=O) groups is 1. The highest BCUT2D eigenvalue weighted by Gasteiger charge is 2.13. The summed E-state index contributed by atoms with van der Waals surface area (Å²) in [6.45, 7) is 4.62. The first-order chi connectivity index (χ1) is 9.65. The van der Waals surface area contributed by atoms with Gasteiger partial charge >= 0.3 is 0 Å². The number of nitrogens with zero attached hydrogens (tertiary/aromatic N) is 1. The normalized spacial score (nSPS) is 10.6. The van der Waals surface area contributed by atoms with Crippen molar-refractivity contribution in [2.24, 2.45) is 5.73 Å². The van der Waals surface area contributed by atoms with Crippen LogP contribution in [0.25, 0.3) is 0 Å². The van der Waals surface area contributed by atoms with Gasteiger partial charge in [0.15, 0.2) is 0 Å². The SMILES string of the molecule is CCc1cccc(C)c1NC(=O)c1csc(CCN)n1. The van der Waals surface area contributed by atoms with Crippen molar-refractivity contribution in [1.82, 2.24) is 4.98 Å². The van der Waals surface area contributed by atoms with Gasteiger partial charge in [-0.2, -0.15) is 0 Å². The zero-order chi connectivity index (χ0) is 14.5. The maximum Gasteiger partial charge on any atom is 0.275 e. The lowest BCUT2D eigenvalue weighted by Gasteiger charge is -2.11. The summed E-state index contributed by atoms with van der Waals surface area (Å²) in [4.78, 5) is 16.6. The van der Waals surface area contributed by atoms with Gasteiger partial charge in [-0.05, 0) is 31.0 Å². The molecule has 1 amide bonds. The monoisotopic (exact) mass is 289 g/mol. The van der Waals surface area contributed by atoms with E-state index in [2.05, 4.69) is 17.2 Å². The Balaban J connectivity index is 2.19. The molecule has 0 aliphatic heterocycles. The molecule has 0 unspecified atom stereocenters. The van der Waals surface area contributed by atoms with Crippen LogP contribution >= 0.6 is 11.3 Å². The van der Waals surface area contributed by atoms with E-state index in [-0.39, 0.29) is 5.91 Å². The number of nitrogens with one attached hydrogen (secondary N) is 1. The van der Waals surface area contributed by atoms with Crippen molar-refractivity contribution < 1.29 is 4.79 Å². The quantitative estimate of drug-likeness (QED) is 0.889. The van der Waals surface area contributed by atoms with E-state index in [0.29, 0.717) is 18.7 Å². The Hall–Kier alpha value is -1.72. The zero-order valence-corrected chi connectivity index (χ0v) is 12.6. The highest BCUT2D eigenvalue weighted by molar-refractivity contribution is 7.09. The number of anilines is 1. The average molecular weight is 289 g/mol. The summed E-state index contributed by atoms with van der Waals surface area (Å²) >= 11 is 1.48. The van der Waals surface area contributed by atoms with Gasteiger partial charge in [-0.25, -0.2) is 4.98 Å². The number of rotatable bonds is 5. The largest absolute Gasteiger partial charge is 0.330 e. The van der Waals surface area contributed by atoms with Crippen LogP contribution in [0.4, 0.5) is 5.69 Å². The van der Waals surface area contributed by atoms with E-state index >= 15 is 0 Å². The lowest BCUT2D eigenvalue weighted by atomic mass is 10.1. The number of hydrogen-bond donors (Lipinski definition) is 2. The summed E-state index contributed by atoms with van der Waals surface area (Å²) in [5, 5.41) is 5.66. The van der Waals surface area contributed by atoms with Crippen molar-refractivity contribution in [1.29, 1.82) is 0 Å². The molecule has 1 aromatic heterocycles. The van der Waals surface area contributed by atoms with E-state index in [1.54, 1.807) is 5.38 Å². The van der Waals surface area contributed by atoms with Crippen molar-refractivity contribution in [2.45, 2.75) is 26.7 Å². The Morgan fingerprint density at radius 1 is 1.45 bits per heavy atom. The van der Waals surface area contributed by atoms with Gasteiger partial charge in [0.05, 0.1) is 5.01 Å². The Morgan fingerprint density at radius 2 is 2.25 bits per heavy atom. The number of amides is 1. The van der Waals surface area contributed by atoms with Crippen LogP contribution in [0.15, 0.2) is 23.6 Å². The minimum absolute atomic E-state index is 0.159. The summed E-state index contributed by atoms with van der Waals surface area (Å²) in [6, 6.07) is 6.03. The van der Waals surface area contributed by atoms with Crippen LogP contribution < -0.4 is 11.1 Å². The summed E-state index contributed by atoms with van der Waals surface area (Å²) < 4.78 is 0. The second kappa shape index (κ2) is 6.63. The Kier molecular flexibility index (Phi) is 4.87. The fourth-order valence-corrected chi connectivity index (χ4v) is 2.83. The molecule has 4 nitrogen and oxygen atoms in total. The lowest BCUT2D eigenvalue weighted by molar-refractivity contribution is 0.102. The highest BCUT2D eigenvalue weighted by Crippen LogP contribution is 2.22. The molecule has 5 heteroatoms. The van der Waals surface area contributed by atoms with Crippen LogP contribution in [-0.2, 0) is 12.8 Å². The third-order valence-corrected chi connectivity index (χ3v) is 4.03. The van der Waals surface area contributed by atoms with E-state index in [4.69, 9.17) is 5.73 Å². The number of nitrogens with two attached hydrogens (primary N) is 1. The molecule has 3 N–H and O–H groups in total. The van der Waals surface area contributed by atoms with E-state index in [1.807, 2.05) is 25.1 Å². The van der Waals surface area contributed by atoms with Crippen molar-refractivity contribution in [2.75, 3.05) is 11.9 Å².